The molecule has 1 fully saturated rings. The van der Waals surface area contributed by atoms with Crippen LogP contribution in [0.4, 0.5) is 0 Å². The molecular weight excluding hydrogens is 386 g/mol. The Bertz CT molecular complexity index is 683. The number of amides is 1. The quantitative estimate of drug-likeness (QED) is 0.705. The summed E-state index contributed by atoms with van der Waals surface area (Å²) in [6.07, 6.45) is 3.21. The number of sulfonamides is 1. The van der Waals surface area contributed by atoms with E-state index in [-0.39, 0.29) is 23.2 Å². The van der Waals surface area contributed by atoms with Crippen molar-refractivity contribution in [3.63, 3.8) is 0 Å². The molecule has 154 valence electrons. The fourth-order valence-electron chi connectivity index (χ4n) is 3.44. The summed E-state index contributed by atoms with van der Waals surface area (Å²) in [5.74, 6) is 0.664. The second kappa shape index (κ2) is 11.0. The number of benzene rings is 1. The molecule has 27 heavy (non-hydrogen) atoms. The van der Waals surface area contributed by atoms with E-state index in [9.17, 15) is 13.2 Å². The van der Waals surface area contributed by atoms with Crippen molar-refractivity contribution in [3.8, 4) is 0 Å². The average Bonchev–Trinajstić information content (AvgIpc) is 2.67. The van der Waals surface area contributed by atoms with Crippen molar-refractivity contribution in [1.29, 1.82) is 0 Å². The van der Waals surface area contributed by atoms with Gasteiger partial charge in [0.25, 0.3) is 5.91 Å². The monoisotopic (exact) mass is 417 g/mol. The zero-order chi connectivity index (χ0) is 19.2. The smallest absolute Gasteiger partial charge is 0.253 e. The lowest BCUT2D eigenvalue weighted by molar-refractivity contribution is 0.0687. The number of carbonyl (C=O) groups excluding carboxylic acids is 1. The number of hydrogen-bond acceptors (Lipinski definition) is 4. The van der Waals surface area contributed by atoms with Crippen molar-refractivity contribution in [3.05, 3.63) is 29.8 Å². The summed E-state index contributed by atoms with van der Waals surface area (Å²) in [5.41, 5.74) is 0.553. The maximum atomic E-state index is 12.7. The van der Waals surface area contributed by atoms with Gasteiger partial charge in [-0.3, -0.25) is 4.79 Å². The average molecular weight is 418 g/mol. The summed E-state index contributed by atoms with van der Waals surface area (Å²) in [5, 5.41) is 3.18. The Kier molecular flexibility index (Phi) is 9.73. The van der Waals surface area contributed by atoms with Gasteiger partial charge in [0.15, 0.2) is 0 Å². The van der Waals surface area contributed by atoms with Crippen LogP contribution in [0.15, 0.2) is 29.2 Å². The van der Waals surface area contributed by atoms with Crippen molar-refractivity contribution in [2.24, 2.45) is 5.92 Å². The first-order valence-electron chi connectivity index (χ1n) is 9.48. The van der Waals surface area contributed by atoms with Gasteiger partial charge in [-0.2, -0.15) is 4.31 Å². The van der Waals surface area contributed by atoms with E-state index in [0.29, 0.717) is 24.6 Å². The van der Waals surface area contributed by atoms with Crippen LogP contribution in [0.3, 0.4) is 0 Å². The normalized spacial score (nSPS) is 15.6. The highest BCUT2D eigenvalue weighted by atomic mass is 35.5. The van der Waals surface area contributed by atoms with E-state index in [0.717, 1.165) is 38.9 Å². The molecule has 1 saturated heterocycles. The van der Waals surface area contributed by atoms with Gasteiger partial charge < -0.3 is 10.2 Å². The van der Waals surface area contributed by atoms with Crippen LogP contribution in [0, 0.1) is 5.92 Å². The minimum atomic E-state index is -3.48. The number of hydrogen-bond donors (Lipinski definition) is 1. The maximum Gasteiger partial charge on any atom is 0.253 e. The van der Waals surface area contributed by atoms with Gasteiger partial charge in [0.2, 0.25) is 10.0 Å². The zero-order valence-electron chi connectivity index (χ0n) is 16.5. The molecule has 0 bridgehead atoms. The first-order valence-corrected chi connectivity index (χ1v) is 10.9. The van der Waals surface area contributed by atoms with Gasteiger partial charge in [0.05, 0.1) is 4.90 Å². The first kappa shape index (κ1) is 23.9. The molecule has 0 aliphatic carbocycles. The Labute approximate surface area is 169 Å². The standard InChI is InChI=1S/C19H31N3O3S.ClH/c1-4-22(5-2)26(24,25)18-8-6-17(7-9-18)19(23)21-14-11-16(12-15-21)10-13-20-3;/h6-9,16,20H,4-5,10-15H2,1-3H3;1H. The van der Waals surface area contributed by atoms with Crippen molar-refractivity contribution in [1.82, 2.24) is 14.5 Å². The summed E-state index contributed by atoms with van der Waals surface area (Å²) >= 11 is 0. The molecule has 2 rings (SSSR count). The molecule has 0 spiro atoms. The Morgan fingerprint density at radius 3 is 2.19 bits per heavy atom. The molecule has 1 aliphatic rings. The highest BCUT2D eigenvalue weighted by Crippen LogP contribution is 2.22. The molecule has 6 nitrogen and oxygen atoms in total. The van der Waals surface area contributed by atoms with Gasteiger partial charge in [0, 0.05) is 31.7 Å². The molecule has 0 aromatic heterocycles. The van der Waals surface area contributed by atoms with Crippen molar-refractivity contribution >= 4 is 28.3 Å². The van der Waals surface area contributed by atoms with E-state index in [2.05, 4.69) is 5.32 Å². The van der Waals surface area contributed by atoms with Crippen LogP contribution in [0.25, 0.3) is 0 Å². The number of nitrogens with one attached hydrogen (secondary N) is 1. The fraction of sp³-hybridized carbons (Fsp3) is 0.632. The van der Waals surface area contributed by atoms with E-state index in [1.165, 1.54) is 4.31 Å². The van der Waals surface area contributed by atoms with Crippen molar-refractivity contribution in [2.45, 2.75) is 38.0 Å². The molecule has 1 amide bonds. The molecule has 8 heteroatoms. The summed E-state index contributed by atoms with van der Waals surface area (Å²) in [7, 11) is -1.52. The Balaban J connectivity index is 0.00000364. The highest BCUT2D eigenvalue weighted by Gasteiger charge is 2.25. The van der Waals surface area contributed by atoms with E-state index < -0.39 is 10.0 Å². The van der Waals surface area contributed by atoms with Crippen LogP contribution in [0.5, 0.6) is 0 Å². The second-order valence-electron chi connectivity index (χ2n) is 6.74. The minimum Gasteiger partial charge on any atom is -0.339 e. The summed E-state index contributed by atoms with van der Waals surface area (Å²) < 4.78 is 26.5. The van der Waals surface area contributed by atoms with Gasteiger partial charge in [-0.15, -0.1) is 12.4 Å². The summed E-state index contributed by atoms with van der Waals surface area (Å²) in [6.45, 7) is 7.06. The van der Waals surface area contributed by atoms with Crippen LogP contribution in [0.1, 0.15) is 43.5 Å². The predicted octanol–water partition coefficient (Wildman–Crippen LogP) is 2.60. The van der Waals surface area contributed by atoms with Crippen LogP contribution < -0.4 is 5.32 Å². The molecule has 0 radical (unpaired) electrons. The lowest BCUT2D eigenvalue weighted by Crippen LogP contribution is -2.39. The third-order valence-electron chi connectivity index (χ3n) is 5.15. The van der Waals surface area contributed by atoms with Gasteiger partial charge in [-0.25, -0.2) is 8.42 Å². The fourth-order valence-corrected chi connectivity index (χ4v) is 4.90. The van der Waals surface area contributed by atoms with Crippen LogP contribution >= 0.6 is 12.4 Å². The maximum absolute atomic E-state index is 12.7. The number of likely N-dealkylation sites (tertiary alicyclic amines) is 1. The van der Waals surface area contributed by atoms with E-state index in [1.54, 1.807) is 24.3 Å². The number of rotatable bonds is 8. The van der Waals surface area contributed by atoms with E-state index >= 15 is 0 Å². The summed E-state index contributed by atoms with van der Waals surface area (Å²) in [6, 6.07) is 6.35. The lowest BCUT2D eigenvalue weighted by Gasteiger charge is -2.32. The molecule has 1 N–H and O–H groups in total. The van der Waals surface area contributed by atoms with Crippen LogP contribution in [0.2, 0.25) is 0 Å². The topological polar surface area (TPSA) is 69.7 Å². The van der Waals surface area contributed by atoms with Gasteiger partial charge in [0.1, 0.15) is 0 Å². The first-order chi connectivity index (χ1) is 12.4. The molecular formula is C19H32ClN3O3S. The highest BCUT2D eigenvalue weighted by molar-refractivity contribution is 7.89. The predicted molar refractivity (Wildman–Crippen MR) is 111 cm³/mol. The molecule has 1 aromatic rings. The minimum absolute atomic E-state index is 0. The second-order valence-corrected chi connectivity index (χ2v) is 8.68. The van der Waals surface area contributed by atoms with Gasteiger partial charge >= 0.3 is 0 Å². The molecule has 1 aromatic carbocycles. The van der Waals surface area contributed by atoms with Gasteiger partial charge in [-0.1, -0.05) is 13.8 Å². The van der Waals surface area contributed by atoms with Crippen LogP contribution in [-0.2, 0) is 10.0 Å². The molecule has 0 atom stereocenters. The molecule has 0 saturated carbocycles. The third-order valence-corrected chi connectivity index (χ3v) is 7.21. The van der Waals surface area contributed by atoms with E-state index in [4.69, 9.17) is 0 Å². The van der Waals surface area contributed by atoms with Gasteiger partial charge in [-0.05, 0) is 63.0 Å². The Morgan fingerprint density at radius 1 is 1.15 bits per heavy atom. The largest absolute Gasteiger partial charge is 0.339 e. The number of halogens is 1. The number of carbonyl (C=O) groups is 1. The molecule has 1 aliphatic heterocycles. The van der Waals surface area contributed by atoms with Crippen LogP contribution in [-0.4, -0.2) is 63.3 Å². The number of piperidine rings is 1. The zero-order valence-corrected chi connectivity index (χ0v) is 18.1. The summed E-state index contributed by atoms with van der Waals surface area (Å²) in [4.78, 5) is 14.8. The Morgan fingerprint density at radius 2 is 1.70 bits per heavy atom. The molecule has 1 heterocycles. The van der Waals surface area contributed by atoms with E-state index in [1.807, 2.05) is 25.8 Å². The SMILES string of the molecule is CCN(CC)S(=O)(=O)c1ccc(C(=O)N2CCC(CCNC)CC2)cc1.Cl. The number of nitrogens with zero attached hydrogens (tertiary/aromatic N) is 2. The van der Waals surface area contributed by atoms with Crippen molar-refractivity contribution in [2.75, 3.05) is 39.8 Å². The molecule has 0 unspecified atom stereocenters. The van der Waals surface area contributed by atoms with Crippen molar-refractivity contribution < 1.29 is 13.2 Å². The third kappa shape index (κ3) is 5.91. The lowest BCUT2D eigenvalue weighted by atomic mass is 9.93. The Hall–Kier alpha value is -1.15.